The summed E-state index contributed by atoms with van der Waals surface area (Å²) < 4.78 is 1.27. The first-order valence-corrected chi connectivity index (χ1v) is 10.2. The first kappa shape index (κ1) is 18.1. The molecule has 140 valence electrons. The first-order chi connectivity index (χ1) is 13.1. The van der Waals surface area contributed by atoms with Crippen LogP contribution in [0.4, 0.5) is 0 Å². The van der Waals surface area contributed by atoms with Gasteiger partial charge in [-0.15, -0.1) is 0 Å². The maximum Gasteiger partial charge on any atom is 0.275 e. The maximum atomic E-state index is 12.4. The molecule has 1 aliphatic carbocycles. The van der Waals surface area contributed by atoms with Crippen molar-refractivity contribution in [3.05, 3.63) is 51.4 Å². The van der Waals surface area contributed by atoms with Gasteiger partial charge >= 0.3 is 0 Å². The number of nitrogens with one attached hydrogen (secondary N) is 1. The van der Waals surface area contributed by atoms with E-state index in [1.807, 2.05) is 18.2 Å². The molecule has 0 bridgehead atoms. The second-order valence-electron chi connectivity index (χ2n) is 6.72. The molecule has 1 fully saturated rings. The Morgan fingerprint density at radius 1 is 1.26 bits per heavy atom. The highest BCUT2D eigenvalue weighted by atomic mass is 35.5. The van der Waals surface area contributed by atoms with E-state index < -0.39 is 0 Å². The summed E-state index contributed by atoms with van der Waals surface area (Å²) >= 11 is 7.53. The average molecular weight is 403 g/mol. The summed E-state index contributed by atoms with van der Waals surface area (Å²) in [6, 6.07) is 8.78. The summed E-state index contributed by atoms with van der Waals surface area (Å²) in [5, 5.41) is 8.47. The largest absolute Gasteiger partial charge is 0.350 e. The minimum absolute atomic E-state index is 0.0535. The van der Waals surface area contributed by atoms with Crippen molar-refractivity contribution in [3.63, 3.8) is 0 Å². The molecule has 1 N–H and O–H groups in total. The highest BCUT2D eigenvalue weighted by Crippen LogP contribution is 2.30. The van der Waals surface area contributed by atoms with Crippen LogP contribution in [0.5, 0.6) is 0 Å². The molecule has 0 radical (unpaired) electrons. The molecule has 1 amide bonds. The van der Waals surface area contributed by atoms with Gasteiger partial charge in [0.1, 0.15) is 5.01 Å². The van der Waals surface area contributed by atoms with Crippen molar-refractivity contribution in [2.45, 2.75) is 38.6 Å². The normalized spacial score (nSPS) is 15.1. The van der Waals surface area contributed by atoms with Gasteiger partial charge in [-0.1, -0.05) is 60.4 Å². The summed E-state index contributed by atoms with van der Waals surface area (Å²) in [7, 11) is 0. The van der Waals surface area contributed by atoms with E-state index >= 15 is 0 Å². The van der Waals surface area contributed by atoms with Crippen molar-refractivity contribution in [2.75, 3.05) is 0 Å². The number of hydrogen-bond acceptors (Lipinski definition) is 5. The highest BCUT2D eigenvalue weighted by Gasteiger charge is 2.21. The van der Waals surface area contributed by atoms with Gasteiger partial charge in [-0.2, -0.15) is 9.61 Å². The van der Waals surface area contributed by atoms with Crippen LogP contribution in [0.1, 0.15) is 37.8 Å². The number of nitrogens with zero attached hydrogens (tertiary/aromatic N) is 3. The second-order valence-corrected chi connectivity index (χ2v) is 8.08. The third-order valence-corrected chi connectivity index (χ3v) is 6.09. The zero-order chi connectivity index (χ0) is 18.8. The molecule has 6 nitrogen and oxygen atoms in total. The molecule has 3 aromatic rings. The number of halogens is 1. The van der Waals surface area contributed by atoms with Gasteiger partial charge in [0.25, 0.3) is 5.56 Å². The van der Waals surface area contributed by atoms with Crippen LogP contribution in [0, 0.1) is 5.92 Å². The zero-order valence-electron chi connectivity index (χ0n) is 14.7. The van der Waals surface area contributed by atoms with Crippen molar-refractivity contribution in [1.82, 2.24) is 19.9 Å². The lowest BCUT2D eigenvalue weighted by Crippen LogP contribution is -2.32. The zero-order valence-corrected chi connectivity index (χ0v) is 16.2. The third-order valence-electron chi connectivity index (χ3n) is 4.82. The Kier molecular flexibility index (Phi) is 5.22. The predicted octanol–water partition coefficient (Wildman–Crippen LogP) is 3.67. The van der Waals surface area contributed by atoms with Crippen LogP contribution in [-0.2, 0) is 11.3 Å². The van der Waals surface area contributed by atoms with E-state index in [2.05, 4.69) is 15.4 Å². The molecular weight excluding hydrogens is 384 g/mol. The predicted molar refractivity (Wildman–Crippen MR) is 106 cm³/mol. The number of aromatic nitrogens is 3. The molecule has 4 rings (SSSR count). The Bertz CT molecular complexity index is 1040. The Morgan fingerprint density at radius 2 is 2.04 bits per heavy atom. The summed E-state index contributed by atoms with van der Waals surface area (Å²) in [6.45, 7) is 0.250. The van der Waals surface area contributed by atoms with Crippen molar-refractivity contribution < 1.29 is 4.79 Å². The molecule has 1 saturated carbocycles. The molecule has 0 atom stereocenters. The van der Waals surface area contributed by atoms with Crippen LogP contribution in [-0.4, -0.2) is 20.5 Å². The summed E-state index contributed by atoms with van der Waals surface area (Å²) in [5.41, 5.74) is 1.04. The lowest BCUT2D eigenvalue weighted by molar-refractivity contribution is -0.126. The Balaban J connectivity index is 1.55. The minimum atomic E-state index is -0.267. The maximum absolute atomic E-state index is 12.4. The summed E-state index contributed by atoms with van der Waals surface area (Å²) in [5.74, 6) is 0.136. The number of fused-ring (bicyclic) bond motifs is 1. The fourth-order valence-corrected chi connectivity index (χ4v) is 4.62. The van der Waals surface area contributed by atoms with E-state index in [1.165, 1.54) is 28.3 Å². The molecule has 2 heterocycles. The smallest absolute Gasteiger partial charge is 0.275 e. The lowest BCUT2D eigenvalue weighted by atomic mass is 9.89. The van der Waals surface area contributed by atoms with Crippen LogP contribution in [0.25, 0.3) is 15.5 Å². The molecule has 0 unspecified atom stereocenters. The fraction of sp³-hybridized carbons (Fsp3) is 0.368. The second kappa shape index (κ2) is 7.78. The quantitative estimate of drug-likeness (QED) is 0.722. The van der Waals surface area contributed by atoms with Gasteiger partial charge in [0.2, 0.25) is 10.9 Å². The number of carbonyl (C=O) groups is 1. The van der Waals surface area contributed by atoms with Crippen LogP contribution >= 0.6 is 22.9 Å². The Hall–Kier alpha value is -2.25. The number of hydrogen-bond donors (Lipinski definition) is 1. The van der Waals surface area contributed by atoms with Crippen molar-refractivity contribution in [3.8, 4) is 10.6 Å². The van der Waals surface area contributed by atoms with Gasteiger partial charge in [-0.25, -0.2) is 4.98 Å². The highest BCUT2D eigenvalue weighted by molar-refractivity contribution is 7.19. The first-order valence-electron chi connectivity index (χ1n) is 9.04. The van der Waals surface area contributed by atoms with Crippen molar-refractivity contribution in [1.29, 1.82) is 0 Å². The van der Waals surface area contributed by atoms with Crippen molar-refractivity contribution >= 4 is 33.8 Å². The average Bonchev–Trinajstić information content (AvgIpc) is 3.11. The number of benzene rings is 1. The van der Waals surface area contributed by atoms with Crippen molar-refractivity contribution in [2.24, 2.45) is 5.92 Å². The van der Waals surface area contributed by atoms with E-state index in [4.69, 9.17) is 11.6 Å². The topological polar surface area (TPSA) is 76.4 Å². The SMILES string of the molecule is O=C(NCc1cc(=O)n2nc(-c3ccccc3Cl)sc2n1)C1CCCCC1. The molecule has 1 aliphatic rings. The van der Waals surface area contributed by atoms with Gasteiger partial charge in [-0.05, 0) is 18.9 Å². The van der Waals surface area contributed by atoms with Gasteiger partial charge < -0.3 is 5.32 Å². The number of rotatable bonds is 4. The standard InChI is InChI=1S/C19H19ClN4O2S/c20-15-9-5-4-8-14(15)18-23-24-16(25)10-13(22-19(24)27-18)11-21-17(26)12-6-2-1-3-7-12/h4-5,8-10,12H,1-3,6-7,11H2,(H,21,26). The van der Waals surface area contributed by atoms with Gasteiger partial charge in [-0.3, -0.25) is 9.59 Å². The summed E-state index contributed by atoms with van der Waals surface area (Å²) in [6.07, 6.45) is 5.30. The van der Waals surface area contributed by atoms with E-state index in [1.54, 1.807) is 6.07 Å². The summed E-state index contributed by atoms with van der Waals surface area (Å²) in [4.78, 5) is 29.7. The van der Waals surface area contributed by atoms with E-state index in [-0.39, 0.29) is 23.9 Å². The molecular formula is C19H19ClN4O2S. The third kappa shape index (κ3) is 3.89. The van der Waals surface area contributed by atoms with Gasteiger partial charge in [0.05, 0.1) is 17.3 Å². The van der Waals surface area contributed by atoms with Gasteiger partial charge in [0.15, 0.2) is 0 Å². The number of carbonyl (C=O) groups excluding carboxylic acids is 1. The minimum Gasteiger partial charge on any atom is -0.350 e. The molecule has 0 aliphatic heterocycles. The molecule has 8 heteroatoms. The van der Waals surface area contributed by atoms with E-state index in [0.29, 0.717) is 20.7 Å². The Labute approximate surface area is 165 Å². The molecule has 2 aromatic heterocycles. The number of amides is 1. The molecule has 0 saturated heterocycles. The van der Waals surface area contributed by atoms with Crippen LogP contribution in [0.3, 0.4) is 0 Å². The molecule has 1 aromatic carbocycles. The Morgan fingerprint density at radius 3 is 2.81 bits per heavy atom. The van der Waals surface area contributed by atoms with Crippen LogP contribution in [0.15, 0.2) is 35.1 Å². The molecule has 27 heavy (non-hydrogen) atoms. The van der Waals surface area contributed by atoms with E-state index in [9.17, 15) is 9.59 Å². The fourth-order valence-electron chi connectivity index (χ4n) is 3.38. The monoisotopic (exact) mass is 402 g/mol. The van der Waals surface area contributed by atoms with E-state index in [0.717, 1.165) is 31.2 Å². The van der Waals surface area contributed by atoms with Gasteiger partial charge in [0, 0.05) is 17.5 Å². The van der Waals surface area contributed by atoms with Crippen LogP contribution in [0.2, 0.25) is 5.02 Å². The van der Waals surface area contributed by atoms with Crippen LogP contribution < -0.4 is 10.9 Å². The molecule has 0 spiro atoms. The lowest BCUT2D eigenvalue weighted by Gasteiger charge is -2.20.